The maximum atomic E-state index is 12.0. The molecule has 0 amide bonds. The minimum atomic E-state index is -3.91. The number of anilines is 2. The largest absolute Gasteiger partial charge is 0.301 e. The van der Waals surface area contributed by atoms with E-state index in [2.05, 4.69) is 9.44 Å². The van der Waals surface area contributed by atoms with Crippen LogP contribution in [-0.2, 0) is 20.4 Å². The molecule has 0 bridgehead atoms. The fraction of sp³-hybridized carbons (Fsp3) is 0.400. The number of nitrogens with zero attached hydrogens (tertiary/aromatic N) is 1. The first-order valence-electron chi connectivity index (χ1n) is 5.67. The van der Waals surface area contributed by atoms with Crippen molar-refractivity contribution in [1.29, 1.82) is 0 Å². The lowest BCUT2D eigenvalue weighted by molar-refractivity contribution is 0.414. The summed E-state index contributed by atoms with van der Waals surface area (Å²) in [7, 11) is -6.16. The molecule has 0 fully saturated rings. The van der Waals surface area contributed by atoms with Gasteiger partial charge in [-0.2, -0.15) is 21.1 Å². The monoisotopic (exact) mass is 322 g/mol. The van der Waals surface area contributed by atoms with Gasteiger partial charge in [0, 0.05) is 13.1 Å². The molecule has 0 saturated carbocycles. The first kappa shape index (κ1) is 16.7. The molecular weight excluding hydrogens is 304 g/mol. The van der Waals surface area contributed by atoms with E-state index in [1.54, 1.807) is 13.8 Å². The highest BCUT2D eigenvalue weighted by molar-refractivity contribution is 7.90. The van der Waals surface area contributed by atoms with Crippen LogP contribution in [0.25, 0.3) is 0 Å². The molecule has 0 aliphatic carbocycles. The lowest BCUT2D eigenvalue weighted by Crippen LogP contribution is -2.37. The van der Waals surface area contributed by atoms with Crippen molar-refractivity contribution in [2.24, 2.45) is 5.14 Å². The van der Waals surface area contributed by atoms with E-state index in [1.807, 2.05) is 0 Å². The van der Waals surface area contributed by atoms with Gasteiger partial charge in [-0.1, -0.05) is 6.07 Å². The van der Waals surface area contributed by atoms with Crippen molar-refractivity contribution in [1.82, 2.24) is 4.31 Å². The van der Waals surface area contributed by atoms with Gasteiger partial charge in [0.2, 0.25) is 0 Å². The van der Waals surface area contributed by atoms with E-state index < -0.39 is 20.4 Å². The molecule has 10 heteroatoms. The molecule has 0 spiro atoms. The molecular formula is C10H18N4O4S2. The van der Waals surface area contributed by atoms with Crippen LogP contribution >= 0.6 is 0 Å². The molecule has 0 aliphatic heterocycles. The van der Waals surface area contributed by atoms with Crippen molar-refractivity contribution in [3.63, 3.8) is 0 Å². The molecule has 0 aliphatic rings. The number of hydrogen-bond acceptors (Lipinski definition) is 4. The summed E-state index contributed by atoms with van der Waals surface area (Å²) >= 11 is 0. The van der Waals surface area contributed by atoms with Crippen molar-refractivity contribution in [3.8, 4) is 0 Å². The first-order chi connectivity index (χ1) is 9.01. The van der Waals surface area contributed by atoms with E-state index in [0.717, 1.165) is 4.31 Å². The predicted molar refractivity (Wildman–Crippen MR) is 78.6 cm³/mol. The molecule has 0 unspecified atom stereocenters. The number of rotatable bonds is 6. The Morgan fingerprint density at radius 2 is 1.60 bits per heavy atom. The summed E-state index contributed by atoms with van der Waals surface area (Å²) in [5.74, 6) is 0. The number of nitrogens with one attached hydrogen (secondary N) is 2. The standard InChI is InChI=1S/C10H18N4O4S2/c1-8(2)14(3)20(17,18)13-10-6-4-5-9(7-10)12-19(11,15)16/h4-8,12-13H,1-3H3,(H2,11,15,16). The normalized spacial score (nSPS) is 12.7. The van der Waals surface area contributed by atoms with Crippen LogP contribution in [0.1, 0.15) is 13.8 Å². The van der Waals surface area contributed by atoms with Gasteiger partial charge >= 0.3 is 10.2 Å². The second-order valence-electron chi connectivity index (χ2n) is 4.44. The Morgan fingerprint density at radius 1 is 1.10 bits per heavy atom. The molecule has 1 rings (SSSR count). The molecule has 20 heavy (non-hydrogen) atoms. The van der Waals surface area contributed by atoms with E-state index in [1.165, 1.54) is 31.3 Å². The van der Waals surface area contributed by atoms with Crippen molar-refractivity contribution < 1.29 is 16.8 Å². The van der Waals surface area contributed by atoms with Crippen LogP contribution < -0.4 is 14.6 Å². The number of benzene rings is 1. The summed E-state index contributed by atoms with van der Waals surface area (Å²) in [6.45, 7) is 3.47. The molecule has 0 saturated heterocycles. The Labute approximate surface area is 119 Å². The Bertz CT molecular complexity index is 670. The maximum Gasteiger partial charge on any atom is 0.301 e. The smallest absolute Gasteiger partial charge is 0.271 e. The lowest BCUT2D eigenvalue weighted by Gasteiger charge is -2.21. The van der Waals surface area contributed by atoms with Gasteiger partial charge in [0.15, 0.2) is 0 Å². The highest BCUT2D eigenvalue weighted by Crippen LogP contribution is 2.18. The van der Waals surface area contributed by atoms with Gasteiger partial charge in [-0.05, 0) is 32.0 Å². The number of nitrogens with two attached hydrogens (primary N) is 1. The average Bonchev–Trinajstić information content (AvgIpc) is 2.25. The van der Waals surface area contributed by atoms with Crippen molar-refractivity contribution in [3.05, 3.63) is 24.3 Å². The third-order valence-corrected chi connectivity index (χ3v) is 4.67. The molecule has 0 heterocycles. The summed E-state index contributed by atoms with van der Waals surface area (Å²) in [6.07, 6.45) is 0. The summed E-state index contributed by atoms with van der Waals surface area (Å²) in [5, 5.41) is 4.85. The highest BCUT2D eigenvalue weighted by atomic mass is 32.2. The van der Waals surface area contributed by atoms with Gasteiger partial charge in [-0.3, -0.25) is 9.44 Å². The molecule has 4 N–H and O–H groups in total. The molecule has 1 aromatic rings. The van der Waals surface area contributed by atoms with E-state index in [9.17, 15) is 16.8 Å². The number of hydrogen-bond donors (Lipinski definition) is 3. The van der Waals surface area contributed by atoms with Crippen LogP contribution in [-0.4, -0.2) is 34.2 Å². The van der Waals surface area contributed by atoms with Gasteiger partial charge in [0.25, 0.3) is 10.2 Å². The van der Waals surface area contributed by atoms with Crippen LogP contribution in [0.3, 0.4) is 0 Å². The van der Waals surface area contributed by atoms with Gasteiger partial charge in [-0.25, -0.2) is 5.14 Å². The summed E-state index contributed by atoms with van der Waals surface area (Å²) in [6, 6.07) is 5.57. The predicted octanol–water partition coefficient (Wildman–Crippen LogP) is 0.299. The van der Waals surface area contributed by atoms with Crippen LogP contribution in [0.5, 0.6) is 0 Å². The Hall–Kier alpha value is -1.36. The minimum absolute atomic E-state index is 0.167. The van der Waals surface area contributed by atoms with Crippen LogP contribution in [0.4, 0.5) is 11.4 Å². The average molecular weight is 322 g/mol. The molecule has 1 aromatic carbocycles. The van der Waals surface area contributed by atoms with E-state index in [0.29, 0.717) is 0 Å². The van der Waals surface area contributed by atoms with E-state index in [-0.39, 0.29) is 17.4 Å². The minimum Gasteiger partial charge on any atom is -0.271 e. The van der Waals surface area contributed by atoms with E-state index in [4.69, 9.17) is 5.14 Å². The summed E-state index contributed by atoms with van der Waals surface area (Å²) in [4.78, 5) is 0. The fourth-order valence-electron chi connectivity index (χ4n) is 1.31. The third-order valence-electron chi connectivity index (χ3n) is 2.48. The quantitative estimate of drug-likeness (QED) is 0.697. The maximum absolute atomic E-state index is 12.0. The van der Waals surface area contributed by atoms with Gasteiger partial charge < -0.3 is 0 Å². The highest BCUT2D eigenvalue weighted by Gasteiger charge is 2.20. The molecule has 114 valence electrons. The summed E-state index contributed by atoms with van der Waals surface area (Å²) in [5.41, 5.74) is 0.394. The molecule has 0 aromatic heterocycles. The van der Waals surface area contributed by atoms with Gasteiger partial charge in [0.1, 0.15) is 0 Å². The summed E-state index contributed by atoms with van der Waals surface area (Å²) < 4.78 is 51.4. The van der Waals surface area contributed by atoms with Crippen molar-refractivity contribution in [2.45, 2.75) is 19.9 Å². The first-order valence-corrected chi connectivity index (χ1v) is 8.66. The van der Waals surface area contributed by atoms with Crippen molar-refractivity contribution >= 4 is 31.8 Å². The Morgan fingerprint density at radius 3 is 2.05 bits per heavy atom. The Balaban J connectivity index is 2.97. The zero-order valence-corrected chi connectivity index (χ0v) is 13.0. The third kappa shape index (κ3) is 4.96. The van der Waals surface area contributed by atoms with Crippen LogP contribution in [0.15, 0.2) is 24.3 Å². The lowest BCUT2D eigenvalue weighted by atomic mass is 10.3. The van der Waals surface area contributed by atoms with Crippen LogP contribution in [0.2, 0.25) is 0 Å². The molecule has 8 nitrogen and oxygen atoms in total. The van der Waals surface area contributed by atoms with Crippen LogP contribution in [0, 0.1) is 0 Å². The van der Waals surface area contributed by atoms with E-state index >= 15 is 0 Å². The molecule has 0 radical (unpaired) electrons. The van der Waals surface area contributed by atoms with Crippen molar-refractivity contribution in [2.75, 3.05) is 16.5 Å². The Kier molecular flexibility index (Phi) is 4.97. The zero-order chi connectivity index (χ0) is 15.6. The van der Waals surface area contributed by atoms with Gasteiger partial charge in [-0.15, -0.1) is 0 Å². The second kappa shape index (κ2) is 5.95. The second-order valence-corrected chi connectivity index (χ2v) is 7.47. The SMILES string of the molecule is CC(C)N(C)S(=O)(=O)Nc1cccc(NS(N)(=O)=O)c1. The zero-order valence-electron chi connectivity index (χ0n) is 11.4. The molecule has 0 atom stereocenters. The topological polar surface area (TPSA) is 122 Å². The van der Waals surface area contributed by atoms with Gasteiger partial charge in [0.05, 0.1) is 11.4 Å². The fourth-order valence-corrected chi connectivity index (χ4v) is 2.89.